The molecule has 0 saturated carbocycles. The van der Waals surface area contributed by atoms with Crippen molar-refractivity contribution in [3.05, 3.63) is 89.4 Å². The molecule has 2 saturated heterocycles. The Morgan fingerprint density at radius 1 is 1.06 bits per heavy atom. The summed E-state index contributed by atoms with van der Waals surface area (Å²) in [6.45, 7) is 4.68. The van der Waals surface area contributed by atoms with Crippen LogP contribution in [-0.2, 0) is 14.9 Å². The number of aromatic nitrogens is 1. The van der Waals surface area contributed by atoms with Crippen molar-refractivity contribution in [2.75, 3.05) is 26.3 Å². The van der Waals surface area contributed by atoms with E-state index in [1.807, 2.05) is 35.2 Å². The first-order valence-electron chi connectivity index (χ1n) is 12.2. The molecular weight excluding hydrogens is 427 g/mol. The number of hydrogen-bond acceptors (Lipinski definition) is 3. The molecular formula is C29H31FN2O2. The smallest absolute Gasteiger partial charge is 0.233 e. The second-order valence-electron chi connectivity index (χ2n) is 9.58. The van der Waals surface area contributed by atoms with Crippen molar-refractivity contribution in [1.29, 1.82) is 0 Å². The van der Waals surface area contributed by atoms with Crippen LogP contribution in [0.25, 0.3) is 11.3 Å². The Morgan fingerprint density at radius 2 is 1.85 bits per heavy atom. The van der Waals surface area contributed by atoms with Crippen LogP contribution in [0, 0.1) is 12.7 Å². The van der Waals surface area contributed by atoms with Crippen molar-refractivity contribution in [3.63, 3.8) is 0 Å². The van der Waals surface area contributed by atoms with Crippen molar-refractivity contribution >= 4 is 5.91 Å². The zero-order valence-electron chi connectivity index (χ0n) is 19.7. The Labute approximate surface area is 200 Å². The first-order chi connectivity index (χ1) is 16.6. The minimum atomic E-state index is -0.533. The molecule has 0 aliphatic carbocycles. The van der Waals surface area contributed by atoms with Crippen LogP contribution in [0.2, 0.25) is 0 Å². The fourth-order valence-corrected chi connectivity index (χ4v) is 5.49. The van der Waals surface area contributed by atoms with Gasteiger partial charge in [0.2, 0.25) is 5.91 Å². The van der Waals surface area contributed by atoms with Crippen LogP contribution >= 0.6 is 0 Å². The maximum atomic E-state index is 14.4. The van der Waals surface area contributed by atoms with E-state index in [1.165, 1.54) is 11.6 Å². The normalized spacial score (nSPS) is 20.2. The first-order valence-corrected chi connectivity index (χ1v) is 12.2. The van der Waals surface area contributed by atoms with Gasteiger partial charge < -0.3 is 9.64 Å². The van der Waals surface area contributed by atoms with E-state index in [0.29, 0.717) is 43.9 Å². The van der Waals surface area contributed by atoms with E-state index in [-0.39, 0.29) is 17.6 Å². The van der Waals surface area contributed by atoms with Gasteiger partial charge in [-0.2, -0.15) is 0 Å². The molecule has 2 aromatic carbocycles. The topological polar surface area (TPSA) is 42.4 Å². The van der Waals surface area contributed by atoms with Gasteiger partial charge in [-0.15, -0.1) is 0 Å². The fraction of sp³-hybridized carbons (Fsp3) is 0.379. The monoisotopic (exact) mass is 458 g/mol. The van der Waals surface area contributed by atoms with Crippen LogP contribution in [0.4, 0.5) is 4.39 Å². The average molecular weight is 459 g/mol. The molecule has 5 heteroatoms. The van der Waals surface area contributed by atoms with Crippen LogP contribution in [0.1, 0.15) is 48.4 Å². The molecule has 1 atom stereocenters. The molecule has 2 fully saturated rings. The van der Waals surface area contributed by atoms with Gasteiger partial charge in [-0.1, -0.05) is 48.0 Å². The number of benzene rings is 2. The second-order valence-corrected chi connectivity index (χ2v) is 9.58. The molecule has 0 radical (unpaired) electrons. The van der Waals surface area contributed by atoms with Gasteiger partial charge in [0.05, 0.1) is 11.1 Å². The molecule has 176 valence electrons. The highest BCUT2D eigenvalue weighted by Crippen LogP contribution is 2.39. The molecule has 34 heavy (non-hydrogen) atoms. The van der Waals surface area contributed by atoms with Gasteiger partial charge in [-0.25, -0.2) is 4.39 Å². The highest BCUT2D eigenvalue weighted by molar-refractivity contribution is 5.88. The largest absolute Gasteiger partial charge is 0.381 e. The lowest BCUT2D eigenvalue weighted by molar-refractivity contribution is -0.142. The summed E-state index contributed by atoms with van der Waals surface area (Å²) in [5.41, 5.74) is 3.81. The molecule has 0 spiro atoms. The predicted molar refractivity (Wildman–Crippen MR) is 131 cm³/mol. The fourth-order valence-electron chi connectivity index (χ4n) is 5.49. The average Bonchev–Trinajstić information content (AvgIpc) is 2.89. The van der Waals surface area contributed by atoms with Crippen molar-refractivity contribution in [2.45, 2.75) is 43.9 Å². The summed E-state index contributed by atoms with van der Waals surface area (Å²) in [6.07, 6.45) is 3.31. The van der Waals surface area contributed by atoms with Crippen LogP contribution in [0.5, 0.6) is 0 Å². The molecule has 2 aliphatic heterocycles. The van der Waals surface area contributed by atoms with E-state index in [9.17, 15) is 9.18 Å². The Balaban J connectivity index is 1.41. The summed E-state index contributed by atoms with van der Waals surface area (Å²) in [5.74, 6) is 0.0717. The number of nitrogens with zero attached hydrogens (tertiary/aromatic N) is 2. The van der Waals surface area contributed by atoms with Crippen LogP contribution in [0.3, 0.4) is 0 Å². The predicted octanol–water partition coefficient (Wildman–Crippen LogP) is 5.65. The first kappa shape index (κ1) is 22.7. The Bertz CT molecular complexity index is 1170. The molecule has 5 rings (SSSR count). The Kier molecular flexibility index (Phi) is 6.46. The maximum absolute atomic E-state index is 14.4. The summed E-state index contributed by atoms with van der Waals surface area (Å²) >= 11 is 0. The molecule has 0 bridgehead atoms. The highest BCUT2D eigenvalue weighted by Gasteiger charge is 2.45. The van der Waals surface area contributed by atoms with E-state index in [2.05, 4.69) is 25.1 Å². The lowest BCUT2D eigenvalue weighted by Crippen LogP contribution is -2.52. The Morgan fingerprint density at radius 3 is 2.65 bits per heavy atom. The molecule has 0 N–H and O–H groups in total. The number of hydrogen-bond donors (Lipinski definition) is 0. The van der Waals surface area contributed by atoms with Gasteiger partial charge in [0, 0.05) is 43.5 Å². The molecule has 3 aromatic rings. The number of halogens is 1. The third-order valence-corrected chi connectivity index (χ3v) is 7.37. The van der Waals surface area contributed by atoms with E-state index in [0.717, 1.165) is 30.6 Å². The number of amides is 1. The number of pyridine rings is 1. The second kappa shape index (κ2) is 9.67. The number of likely N-dealkylation sites (tertiary alicyclic amines) is 1. The number of carbonyl (C=O) groups excluding carboxylic acids is 1. The minimum Gasteiger partial charge on any atom is -0.381 e. The molecule has 2 aliphatic rings. The summed E-state index contributed by atoms with van der Waals surface area (Å²) in [5, 5.41) is 0. The van der Waals surface area contributed by atoms with Gasteiger partial charge in [-0.3, -0.25) is 9.78 Å². The molecule has 1 unspecified atom stereocenters. The van der Waals surface area contributed by atoms with E-state index in [1.54, 1.807) is 12.1 Å². The Hall–Kier alpha value is -3.05. The summed E-state index contributed by atoms with van der Waals surface area (Å²) in [6, 6.07) is 20.9. The number of ether oxygens (including phenoxy) is 1. The SMILES string of the molecule is Cc1cccc(C2(C(=O)N3CCCC(c4cccc(-c5ccccc5F)n4)C3)CCOCC2)c1. The molecule has 1 amide bonds. The lowest BCUT2D eigenvalue weighted by atomic mass is 9.72. The van der Waals surface area contributed by atoms with Crippen molar-refractivity contribution in [3.8, 4) is 11.3 Å². The van der Waals surface area contributed by atoms with E-state index >= 15 is 0 Å². The maximum Gasteiger partial charge on any atom is 0.233 e. The summed E-state index contributed by atoms with van der Waals surface area (Å²) in [4.78, 5) is 21.0. The number of carbonyl (C=O) groups is 1. The number of aryl methyl sites for hydroxylation is 1. The van der Waals surface area contributed by atoms with E-state index < -0.39 is 5.41 Å². The van der Waals surface area contributed by atoms with Crippen molar-refractivity contribution < 1.29 is 13.9 Å². The van der Waals surface area contributed by atoms with Crippen molar-refractivity contribution in [2.24, 2.45) is 0 Å². The van der Waals surface area contributed by atoms with Crippen molar-refractivity contribution in [1.82, 2.24) is 9.88 Å². The standard InChI is InChI=1S/C29H31FN2O2/c1-21-7-4-9-23(19-21)29(14-17-34-18-15-29)28(33)32-16-6-8-22(20-32)26-12-5-13-27(31-26)24-10-2-3-11-25(24)30/h2-5,7,9-13,19,22H,6,8,14-18,20H2,1H3. The van der Waals surface area contributed by atoms with Crippen LogP contribution in [-0.4, -0.2) is 42.1 Å². The quantitative estimate of drug-likeness (QED) is 0.507. The highest BCUT2D eigenvalue weighted by atomic mass is 19.1. The van der Waals surface area contributed by atoms with E-state index in [4.69, 9.17) is 9.72 Å². The van der Waals surface area contributed by atoms with Gasteiger partial charge in [0.15, 0.2) is 0 Å². The third-order valence-electron chi connectivity index (χ3n) is 7.37. The van der Waals surface area contributed by atoms with Crippen LogP contribution in [0.15, 0.2) is 66.7 Å². The summed E-state index contributed by atoms with van der Waals surface area (Å²) in [7, 11) is 0. The zero-order chi connectivity index (χ0) is 23.5. The van der Waals surface area contributed by atoms with Gasteiger partial charge in [-0.05, 0) is 62.4 Å². The van der Waals surface area contributed by atoms with Gasteiger partial charge in [0.1, 0.15) is 5.82 Å². The van der Waals surface area contributed by atoms with Gasteiger partial charge in [0.25, 0.3) is 0 Å². The molecule has 3 heterocycles. The number of rotatable bonds is 4. The molecule has 1 aromatic heterocycles. The van der Waals surface area contributed by atoms with Crippen LogP contribution < -0.4 is 0 Å². The summed E-state index contributed by atoms with van der Waals surface area (Å²) < 4.78 is 20.0. The third kappa shape index (κ3) is 4.37. The van der Waals surface area contributed by atoms with Gasteiger partial charge >= 0.3 is 0 Å². The number of piperidine rings is 1. The molecule has 4 nitrogen and oxygen atoms in total. The zero-order valence-corrected chi connectivity index (χ0v) is 19.7. The lowest BCUT2D eigenvalue weighted by Gasteiger charge is -2.43. The minimum absolute atomic E-state index is 0.138.